The zero-order chi connectivity index (χ0) is 19.7. The van der Waals surface area contributed by atoms with Gasteiger partial charge in [-0.2, -0.15) is 0 Å². The number of rotatable bonds is 8. The van der Waals surface area contributed by atoms with Gasteiger partial charge < -0.3 is 20.5 Å². The topological polar surface area (TPSA) is 78.8 Å². The summed E-state index contributed by atoms with van der Waals surface area (Å²) in [6.45, 7) is 9.30. The first-order valence-electron chi connectivity index (χ1n) is 9.32. The van der Waals surface area contributed by atoms with E-state index in [1.165, 1.54) is 0 Å². The van der Waals surface area contributed by atoms with Crippen molar-refractivity contribution in [2.75, 3.05) is 13.1 Å². The average Bonchev–Trinajstić information content (AvgIpc) is 2.65. The zero-order valence-corrected chi connectivity index (χ0v) is 16.6. The van der Waals surface area contributed by atoms with E-state index in [9.17, 15) is 5.11 Å². The summed E-state index contributed by atoms with van der Waals surface area (Å²) in [5, 5.41) is 17.1. The Bertz CT molecular complexity index is 713. The lowest BCUT2D eigenvalue weighted by atomic mass is 9.96. The van der Waals surface area contributed by atoms with Gasteiger partial charge in [-0.3, -0.25) is 0 Å². The largest absolute Gasteiger partial charge is 0.475 e. The van der Waals surface area contributed by atoms with E-state index >= 15 is 0 Å². The molecule has 1 aromatic carbocycles. The lowest BCUT2D eigenvalue weighted by molar-refractivity contribution is 0.0617. The van der Waals surface area contributed by atoms with Gasteiger partial charge in [0.1, 0.15) is 5.60 Å². The number of nitrogens with zero attached hydrogens (tertiary/aromatic N) is 2. The molecular formula is C21H30N4O2. The van der Waals surface area contributed by atoms with E-state index in [4.69, 9.17) is 4.74 Å². The Kier molecular flexibility index (Phi) is 7.61. The van der Waals surface area contributed by atoms with E-state index in [0.717, 1.165) is 17.7 Å². The smallest absolute Gasteiger partial charge is 0.213 e. The van der Waals surface area contributed by atoms with Crippen LogP contribution < -0.4 is 15.4 Å². The second kappa shape index (κ2) is 9.92. The number of aliphatic imine (C=N–C) groups is 1. The second-order valence-corrected chi connectivity index (χ2v) is 6.86. The van der Waals surface area contributed by atoms with E-state index in [2.05, 4.69) is 20.6 Å². The fourth-order valence-corrected chi connectivity index (χ4v) is 2.48. The number of ether oxygens (including phenoxy) is 1. The maximum atomic E-state index is 10.7. The van der Waals surface area contributed by atoms with Gasteiger partial charge in [-0.1, -0.05) is 36.4 Å². The molecule has 0 aliphatic rings. The van der Waals surface area contributed by atoms with Crippen molar-refractivity contribution in [3.63, 3.8) is 0 Å². The molecule has 0 fully saturated rings. The molecule has 2 rings (SSSR count). The Morgan fingerprint density at radius 1 is 1.19 bits per heavy atom. The molecule has 1 aromatic heterocycles. The quantitative estimate of drug-likeness (QED) is 0.492. The molecular weight excluding hydrogens is 340 g/mol. The maximum Gasteiger partial charge on any atom is 0.213 e. The van der Waals surface area contributed by atoms with Crippen molar-refractivity contribution in [2.24, 2.45) is 4.99 Å². The van der Waals surface area contributed by atoms with Crippen molar-refractivity contribution in [1.82, 2.24) is 15.6 Å². The van der Waals surface area contributed by atoms with Crippen molar-refractivity contribution in [1.29, 1.82) is 0 Å². The molecule has 1 heterocycles. The SMILES string of the molecule is CCNC(=NCc1ccc(OC(C)C)nc1)NCC(C)(O)c1ccccc1. The van der Waals surface area contributed by atoms with Crippen LogP contribution in [0.3, 0.4) is 0 Å². The minimum atomic E-state index is -0.991. The average molecular weight is 370 g/mol. The van der Waals surface area contributed by atoms with Crippen molar-refractivity contribution in [3.05, 3.63) is 59.8 Å². The van der Waals surface area contributed by atoms with Crippen LogP contribution in [-0.2, 0) is 12.1 Å². The van der Waals surface area contributed by atoms with Gasteiger partial charge in [-0.25, -0.2) is 9.98 Å². The molecule has 1 atom stereocenters. The van der Waals surface area contributed by atoms with Crippen LogP contribution >= 0.6 is 0 Å². The number of aromatic nitrogens is 1. The molecule has 146 valence electrons. The minimum absolute atomic E-state index is 0.100. The van der Waals surface area contributed by atoms with E-state index in [-0.39, 0.29) is 6.10 Å². The summed E-state index contributed by atoms with van der Waals surface area (Å²) in [4.78, 5) is 8.87. The van der Waals surface area contributed by atoms with Gasteiger partial charge in [0.25, 0.3) is 0 Å². The van der Waals surface area contributed by atoms with E-state index in [0.29, 0.717) is 24.9 Å². The number of benzene rings is 1. The number of nitrogens with one attached hydrogen (secondary N) is 2. The number of pyridine rings is 1. The first-order valence-corrected chi connectivity index (χ1v) is 9.32. The summed E-state index contributed by atoms with van der Waals surface area (Å²) < 4.78 is 5.55. The molecule has 0 bridgehead atoms. The molecule has 0 aliphatic carbocycles. The third-order valence-electron chi connectivity index (χ3n) is 3.91. The summed E-state index contributed by atoms with van der Waals surface area (Å²) in [7, 11) is 0. The molecule has 2 aromatic rings. The van der Waals surface area contributed by atoms with Crippen LogP contribution in [-0.4, -0.2) is 35.2 Å². The zero-order valence-electron chi connectivity index (χ0n) is 16.6. The van der Waals surface area contributed by atoms with Crippen LogP contribution in [0.1, 0.15) is 38.8 Å². The van der Waals surface area contributed by atoms with E-state index < -0.39 is 5.60 Å². The third-order valence-corrected chi connectivity index (χ3v) is 3.91. The van der Waals surface area contributed by atoms with Gasteiger partial charge in [-0.05, 0) is 38.8 Å². The second-order valence-electron chi connectivity index (χ2n) is 6.86. The molecule has 0 spiro atoms. The van der Waals surface area contributed by atoms with Gasteiger partial charge in [0.2, 0.25) is 5.88 Å². The lowest BCUT2D eigenvalue weighted by Crippen LogP contribution is -2.44. The van der Waals surface area contributed by atoms with Crippen molar-refractivity contribution < 1.29 is 9.84 Å². The van der Waals surface area contributed by atoms with Gasteiger partial charge in [0.05, 0.1) is 19.2 Å². The summed E-state index contributed by atoms with van der Waals surface area (Å²) >= 11 is 0. The molecule has 3 N–H and O–H groups in total. The lowest BCUT2D eigenvalue weighted by Gasteiger charge is -2.25. The standard InChI is InChI=1S/C21H30N4O2/c1-5-22-20(25-15-21(4,26)18-9-7-6-8-10-18)24-14-17-11-12-19(23-13-17)27-16(2)3/h6-13,16,26H,5,14-15H2,1-4H3,(H2,22,24,25). The summed E-state index contributed by atoms with van der Waals surface area (Å²) in [6, 6.07) is 13.4. The van der Waals surface area contributed by atoms with E-state index in [1.54, 1.807) is 13.1 Å². The summed E-state index contributed by atoms with van der Waals surface area (Å²) in [6.07, 6.45) is 1.87. The summed E-state index contributed by atoms with van der Waals surface area (Å²) in [5.41, 5.74) is 0.853. The molecule has 0 aliphatic heterocycles. The third kappa shape index (κ3) is 6.90. The van der Waals surface area contributed by atoms with Gasteiger partial charge >= 0.3 is 0 Å². The molecule has 0 saturated heterocycles. The van der Waals surface area contributed by atoms with Gasteiger partial charge in [0.15, 0.2) is 5.96 Å². The number of guanidine groups is 1. The van der Waals surface area contributed by atoms with Crippen molar-refractivity contribution in [2.45, 2.75) is 45.9 Å². The predicted octanol–water partition coefficient (Wildman–Crippen LogP) is 2.83. The Labute approximate surface area is 161 Å². The number of hydrogen-bond acceptors (Lipinski definition) is 4. The molecule has 27 heavy (non-hydrogen) atoms. The molecule has 6 heteroatoms. The Hall–Kier alpha value is -2.60. The maximum absolute atomic E-state index is 10.7. The molecule has 0 amide bonds. The van der Waals surface area contributed by atoms with Crippen molar-refractivity contribution >= 4 is 5.96 Å². The van der Waals surface area contributed by atoms with Gasteiger partial charge in [0, 0.05) is 18.8 Å². The van der Waals surface area contributed by atoms with Crippen LogP contribution in [0.25, 0.3) is 0 Å². The highest BCUT2D eigenvalue weighted by Crippen LogP contribution is 2.18. The molecule has 1 unspecified atom stereocenters. The summed E-state index contributed by atoms with van der Waals surface area (Å²) in [5.74, 6) is 1.26. The molecule has 6 nitrogen and oxygen atoms in total. The Morgan fingerprint density at radius 3 is 2.52 bits per heavy atom. The highest BCUT2D eigenvalue weighted by atomic mass is 16.5. The number of hydrogen-bond donors (Lipinski definition) is 3. The fourth-order valence-electron chi connectivity index (χ4n) is 2.48. The van der Waals surface area contributed by atoms with Crippen LogP contribution in [0.15, 0.2) is 53.7 Å². The Balaban J connectivity index is 1.97. The first-order chi connectivity index (χ1) is 12.9. The van der Waals surface area contributed by atoms with Crippen LogP contribution in [0, 0.1) is 0 Å². The fraction of sp³-hybridized carbons (Fsp3) is 0.429. The molecule has 0 radical (unpaired) electrons. The highest BCUT2D eigenvalue weighted by molar-refractivity contribution is 5.79. The van der Waals surface area contributed by atoms with Crippen LogP contribution in [0.2, 0.25) is 0 Å². The van der Waals surface area contributed by atoms with Gasteiger partial charge in [-0.15, -0.1) is 0 Å². The van der Waals surface area contributed by atoms with Crippen LogP contribution in [0.5, 0.6) is 5.88 Å². The highest BCUT2D eigenvalue weighted by Gasteiger charge is 2.22. The predicted molar refractivity (Wildman–Crippen MR) is 109 cm³/mol. The monoisotopic (exact) mass is 370 g/mol. The normalized spacial score (nSPS) is 13.9. The van der Waals surface area contributed by atoms with Crippen molar-refractivity contribution in [3.8, 4) is 5.88 Å². The number of aliphatic hydroxyl groups is 1. The minimum Gasteiger partial charge on any atom is -0.475 e. The van der Waals surface area contributed by atoms with E-state index in [1.807, 2.05) is 63.2 Å². The Morgan fingerprint density at radius 2 is 1.93 bits per heavy atom. The molecule has 0 saturated carbocycles. The first kappa shape index (κ1) is 20.7. The van der Waals surface area contributed by atoms with Crippen LogP contribution in [0.4, 0.5) is 0 Å².